The summed E-state index contributed by atoms with van der Waals surface area (Å²) in [6, 6.07) is 0. The van der Waals surface area contributed by atoms with Crippen LogP contribution in [0.4, 0.5) is 0 Å². The van der Waals surface area contributed by atoms with Crippen LogP contribution in [0.1, 0.15) is 271 Å². The van der Waals surface area contributed by atoms with Crippen LogP contribution in [-0.2, 0) is 28.6 Å². The first-order chi connectivity index (χ1) is 29.5. The van der Waals surface area contributed by atoms with Gasteiger partial charge >= 0.3 is 17.9 Å². The van der Waals surface area contributed by atoms with Gasteiger partial charge in [-0.1, -0.05) is 224 Å². The second-order valence-electron chi connectivity index (χ2n) is 17.5. The number of carbonyl (C=O) groups is 3. The van der Waals surface area contributed by atoms with E-state index in [1.807, 2.05) is 0 Å². The van der Waals surface area contributed by atoms with Crippen LogP contribution in [0, 0.1) is 0 Å². The van der Waals surface area contributed by atoms with Gasteiger partial charge in [-0.15, -0.1) is 0 Å². The number of unbranched alkanes of at least 4 members (excludes halogenated alkanes) is 31. The van der Waals surface area contributed by atoms with Gasteiger partial charge in [-0.25, -0.2) is 0 Å². The van der Waals surface area contributed by atoms with E-state index in [0.29, 0.717) is 19.3 Å². The molecular formula is C54H98O6. The van der Waals surface area contributed by atoms with Gasteiger partial charge in [0.05, 0.1) is 0 Å². The van der Waals surface area contributed by atoms with E-state index in [-0.39, 0.29) is 31.1 Å². The molecule has 0 rings (SSSR count). The smallest absolute Gasteiger partial charge is 0.306 e. The van der Waals surface area contributed by atoms with Crippen LogP contribution in [0.15, 0.2) is 36.5 Å². The molecule has 0 aliphatic carbocycles. The van der Waals surface area contributed by atoms with Gasteiger partial charge in [0.25, 0.3) is 0 Å². The molecule has 0 aliphatic rings. The van der Waals surface area contributed by atoms with Crippen molar-refractivity contribution in [2.75, 3.05) is 13.2 Å². The minimum atomic E-state index is -0.780. The van der Waals surface area contributed by atoms with Crippen LogP contribution in [0.2, 0.25) is 0 Å². The van der Waals surface area contributed by atoms with Crippen molar-refractivity contribution < 1.29 is 28.6 Å². The maximum absolute atomic E-state index is 12.8. The highest BCUT2D eigenvalue weighted by molar-refractivity contribution is 5.71. The zero-order chi connectivity index (χ0) is 43.7. The summed E-state index contributed by atoms with van der Waals surface area (Å²) in [7, 11) is 0. The van der Waals surface area contributed by atoms with Crippen molar-refractivity contribution in [3.8, 4) is 0 Å². The molecule has 6 nitrogen and oxygen atoms in total. The summed E-state index contributed by atoms with van der Waals surface area (Å²) in [4.78, 5) is 37.9. The zero-order valence-corrected chi connectivity index (χ0v) is 40.0. The molecule has 1 atom stereocenters. The van der Waals surface area contributed by atoms with Crippen molar-refractivity contribution in [2.24, 2.45) is 0 Å². The zero-order valence-electron chi connectivity index (χ0n) is 40.0. The average Bonchev–Trinajstić information content (AvgIpc) is 3.24. The topological polar surface area (TPSA) is 78.9 Å². The van der Waals surface area contributed by atoms with Crippen LogP contribution in [0.25, 0.3) is 0 Å². The molecule has 0 aliphatic heterocycles. The standard InChI is InChI=1S/C54H98O6/c1-4-7-10-13-16-19-22-24-26-28-29-32-35-38-41-44-47-53(56)59-50-51(49-58-52(55)46-43-40-37-34-31-21-18-15-12-9-6-3)60-54(57)48-45-42-39-36-33-30-27-25-23-20-17-14-11-8-5-2/h15,18,20-21,23,31,51H,4-14,16-17,19,22,24-30,32-50H2,1-3H3/b18-15-,23-20-,31-21-. The minimum absolute atomic E-state index is 0.0794. The van der Waals surface area contributed by atoms with E-state index in [1.165, 1.54) is 161 Å². The Morgan fingerprint density at radius 1 is 0.333 bits per heavy atom. The summed E-state index contributed by atoms with van der Waals surface area (Å²) in [5.74, 6) is -0.903. The molecule has 0 aromatic heterocycles. The maximum atomic E-state index is 12.8. The third kappa shape index (κ3) is 46.7. The largest absolute Gasteiger partial charge is 0.462 e. The fraction of sp³-hybridized carbons (Fsp3) is 0.833. The summed E-state index contributed by atoms with van der Waals surface area (Å²) in [5.41, 5.74) is 0. The molecule has 60 heavy (non-hydrogen) atoms. The molecule has 350 valence electrons. The molecule has 0 aromatic carbocycles. The number of allylic oxidation sites excluding steroid dienone is 6. The highest BCUT2D eigenvalue weighted by Crippen LogP contribution is 2.16. The lowest BCUT2D eigenvalue weighted by atomic mass is 10.0. The van der Waals surface area contributed by atoms with Crippen LogP contribution < -0.4 is 0 Å². The molecule has 0 N–H and O–H groups in total. The molecule has 0 saturated heterocycles. The van der Waals surface area contributed by atoms with Crippen LogP contribution >= 0.6 is 0 Å². The fourth-order valence-corrected chi connectivity index (χ4v) is 7.41. The molecule has 0 heterocycles. The lowest BCUT2D eigenvalue weighted by Gasteiger charge is -2.18. The molecule has 0 bridgehead atoms. The predicted molar refractivity (Wildman–Crippen MR) is 256 cm³/mol. The Hall–Kier alpha value is -2.37. The van der Waals surface area contributed by atoms with Crippen molar-refractivity contribution in [1.29, 1.82) is 0 Å². The van der Waals surface area contributed by atoms with Crippen molar-refractivity contribution in [3.63, 3.8) is 0 Å². The minimum Gasteiger partial charge on any atom is -0.462 e. The predicted octanol–water partition coefficient (Wildman–Crippen LogP) is 16.9. The van der Waals surface area contributed by atoms with E-state index >= 15 is 0 Å². The molecule has 6 heteroatoms. The van der Waals surface area contributed by atoms with E-state index in [4.69, 9.17) is 14.2 Å². The number of hydrogen-bond donors (Lipinski definition) is 0. The van der Waals surface area contributed by atoms with Crippen molar-refractivity contribution in [1.82, 2.24) is 0 Å². The van der Waals surface area contributed by atoms with E-state index < -0.39 is 6.10 Å². The molecule has 0 saturated carbocycles. The highest BCUT2D eigenvalue weighted by atomic mass is 16.6. The quantitative estimate of drug-likeness (QED) is 0.0200. The second kappa shape index (κ2) is 49.3. The van der Waals surface area contributed by atoms with Crippen LogP contribution in [-0.4, -0.2) is 37.2 Å². The SMILES string of the molecule is CCCC/C=C\C=C/CCCCCC(=O)OCC(COC(=O)CCCCCCCCCCCCCCCCCC)OC(=O)CCCCCCCCC/C=C\CCCCCC. The van der Waals surface area contributed by atoms with Gasteiger partial charge in [-0.2, -0.15) is 0 Å². The van der Waals surface area contributed by atoms with Gasteiger partial charge in [0.15, 0.2) is 6.10 Å². The van der Waals surface area contributed by atoms with Crippen LogP contribution in [0.5, 0.6) is 0 Å². The van der Waals surface area contributed by atoms with Gasteiger partial charge in [0.1, 0.15) is 13.2 Å². The maximum Gasteiger partial charge on any atom is 0.306 e. The second-order valence-corrected chi connectivity index (χ2v) is 17.5. The summed E-state index contributed by atoms with van der Waals surface area (Å²) >= 11 is 0. The Balaban J connectivity index is 4.35. The third-order valence-corrected chi connectivity index (χ3v) is 11.4. The molecule has 0 spiro atoms. The van der Waals surface area contributed by atoms with Crippen molar-refractivity contribution >= 4 is 17.9 Å². The molecule has 0 fully saturated rings. The highest BCUT2D eigenvalue weighted by Gasteiger charge is 2.19. The molecule has 0 radical (unpaired) electrons. The number of ether oxygens (including phenoxy) is 3. The molecule has 0 amide bonds. The van der Waals surface area contributed by atoms with Crippen molar-refractivity contribution in [3.05, 3.63) is 36.5 Å². The Morgan fingerprint density at radius 2 is 0.617 bits per heavy atom. The van der Waals surface area contributed by atoms with E-state index in [1.54, 1.807) is 0 Å². The summed E-state index contributed by atoms with van der Waals surface area (Å²) < 4.78 is 16.8. The lowest BCUT2D eigenvalue weighted by Crippen LogP contribution is -2.30. The summed E-state index contributed by atoms with van der Waals surface area (Å²) in [5, 5.41) is 0. The Kier molecular flexibility index (Phi) is 47.3. The van der Waals surface area contributed by atoms with Crippen molar-refractivity contribution in [2.45, 2.75) is 277 Å². The Bertz CT molecular complexity index is 1020. The lowest BCUT2D eigenvalue weighted by molar-refractivity contribution is -0.167. The van der Waals surface area contributed by atoms with E-state index in [2.05, 4.69) is 57.2 Å². The third-order valence-electron chi connectivity index (χ3n) is 11.4. The van der Waals surface area contributed by atoms with Gasteiger partial charge in [0.2, 0.25) is 0 Å². The van der Waals surface area contributed by atoms with Gasteiger partial charge in [0, 0.05) is 19.3 Å². The first kappa shape index (κ1) is 57.6. The molecule has 0 aromatic rings. The number of carbonyl (C=O) groups excluding carboxylic acids is 3. The Labute approximate surface area is 372 Å². The first-order valence-corrected chi connectivity index (χ1v) is 26.0. The average molecular weight is 843 g/mol. The summed E-state index contributed by atoms with van der Waals surface area (Å²) in [6.45, 7) is 6.57. The first-order valence-electron chi connectivity index (χ1n) is 26.0. The van der Waals surface area contributed by atoms with E-state index in [0.717, 1.165) is 70.6 Å². The monoisotopic (exact) mass is 843 g/mol. The number of hydrogen-bond acceptors (Lipinski definition) is 6. The van der Waals surface area contributed by atoms with Crippen LogP contribution in [0.3, 0.4) is 0 Å². The molecular weight excluding hydrogens is 745 g/mol. The van der Waals surface area contributed by atoms with E-state index in [9.17, 15) is 14.4 Å². The fourth-order valence-electron chi connectivity index (χ4n) is 7.41. The number of rotatable bonds is 47. The Morgan fingerprint density at radius 3 is 1.02 bits per heavy atom. The van der Waals surface area contributed by atoms with Gasteiger partial charge in [-0.3, -0.25) is 14.4 Å². The number of esters is 3. The normalized spacial score (nSPS) is 12.2. The molecule has 1 unspecified atom stereocenters. The summed E-state index contributed by atoms with van der Waals surface area (Å²) in [6.07, 6.45) is 57.0. The van der Waals surface area contributed by atoms with Gasteiger partial charge in [-0.05, 0) is 64.2 Å². The van der Waals surface area contributed by atoms with Gasteiger partial charge < -0.3 is 14.2 Å².